The molecule has 0 aliphatic carbocycles. The topological polar surface area (TPSA) is 30.5 Å². The minimum atomic E-state index is -0.261. The average Bonchev–Trinajstić information content (AvgIpc) is 2.61. The van der Waals surface area contributed by atoms with Crippen molar-refractivity contribution in [1.29, 1.82) is 0 Å². The van der Waals surface area contributed by atoms with Gasteiger partial charge in [0, 0.05) is 18.0 Å². The number of benzene rings is 2. The number of nitrogens with one attached hydrogen (secondary N) is 1. The number of hydrogen-bond acceptors (Lipinski definition) is 3. The maximum Gasteiger partial charge on any atom is 0.184 e. The molecule has 116 valence electrons. The molecule has 3 atom stereocenters. The maximum absolute atomic E-state index is 6.28. The summed E-state index contributed by atoms with van der Waals surface area (Å²) in [6.07, 6.45) is 0.821. The summed E-state index contributed by atoms with van der Waals surface area (Å²) in [5.74, 6) is 0.335. The number of ether oxygens (including phenoxy) is 2. The molecule has 0 spiro atoms. The summed E-state index contributed by atoms with van der Waals surface area (Å²) in [5, 5.41) is 3.30. The van der Waals surface area contributed by atoms with Gasteiger partial charge >= 0.3 is 0 Å². The van der Waals surface area contributed by atoms with E-state index in [2.05, 4.69) is 47.8 Å². The van der Waals surface area contributed by atoms with Gasteiger partial charge in [0.1, 0.15) is 0 Å². The van der Waals surface area contributed by atoms with E-state index in [0.29, 0.717) is 5.92 Å². The molecule has 22 heavy (non-hydrogen) atoms. The highest BCUT2D eigenvalue weighted by Crippen LogP contribution is 2.33. The zero-order valence-corrected chi connectivity index (χ0v) is 12.9. The SMILES string of the molecule is CNC[C@@H](c1ccccc1)[C@@H]1CCO[C@H](c2ccccc2)O1. The highest BCUT2D eigenvalue weighted by atomic mass is 16.7. The van der Waals surface area contributed by atoms with E-state index >= 15 is 0 Å². The minimum absolute atomic E-state index is 0.161. The molecule has 0 radical (unpaired) electrons. The summed E-state index contributed by atoms with van der Waals surface area (Å²) in [6.45, 7) is 1.63. The number of likely N-dealkylation sites (N-methyl/N-ethyl adjacent to an activating group) is 1. The van der Waals surface area contributed by atoms with Crippen LogP contribution < -0.4 is 5.32 Å². The Labute approximate surface area is 132 Å². The van der Waals surface area contributed by atoms with E-state index in [0.717, 1.165) is 25.1 Å². The van der Waals surface area contributed by atoms with Crippen molar-refractivity contribution in [3.05, 3.63) is 71.8 Å². The Kier molecular flexibility index (Phi) is 5.22. The summed E-state index contributed by atoms with van der Waals surface area (Å²) >= 11 is 0. The van der Waals surface area contributed by atoms with Gasteiger partial charge in [0.05, 0.1) is 12.7 Å². The van der Waals surface area contributed by atoms with Crippen LogP contribution in [0.15, 0.2) is 60.7 Å². The average molecular weight is 297 g/mol. The molecule has 1 heterocycles. The van der Waals surface area contributed by atoms with E-state index in [9.17, 15) is 0 Å². The first-order chi connectivity index (χ1) is 10.9. The Hall–Kier alpha value is -1.68. The Balaban J connectivity index is 1.77. The van der Waals surface area contributed by atoms with Gasteiger partial charge in [-0.1, -0.05) is 60.7 Å². The van der Waals surface area contributed by atoms with Crippen molar-refractivity contribution in [3.8, 4) is 0 Å². The van der Waals surface area contributed by atoms with Crippen LogP contribution in [0.3, 0.4) is 0 Å². The third-order valence-corrected chi connectivity index (χ3v) is 4.14. The highest BCUT2D eigenvalue weighted by Gasteiger charge is 2.31. The Morgan fingerprint density at radius 1 is 1.05 bits per heavy atom. The summed E-state index contributed by atoms with van der Waals surface area (Å²) in [6, 6.07) is 20.8. The molecule has 3 heteroatoms. The van der Waals surface area contributed by atoms with Crippen molar-refractivity contribution in [2.24, 2.45) is 0 Å². The van der Waals surface area contributed by atoms with Crippen molar-refractivity contribution in [3.63, 3.8) is 0 Å². The fourth-order valence-corrected chi connectivity index (χ4v) is 3.02. The molecular weight excluding hydrogens is 274 g/mol. The largest absolute Gasteiger partial charge is 0.348 e. The first kappa shape index (κ1) is 15.2. The van der Waals surface area contributed by atoms with Crippen LogP contribution in [0.1, 0.15) is 29.8 Å². The van der Waals surface area contributed by atoms with E-state index in [4.69, 9.17) is 9.47 Å². The van der Waals surface area contributed by atoms with Gasteiger partial charge in [-0.3, -0.25) is 0 Å². The molecule has 0 bridgehead atoms. The molecule has 0 amide bonds. The fraction of sp³-hybridized carbons (Fsp3) is 0.368. The molecule has 1 aliphatic rings. The minimum Gasteiger partial charge on any atom is -0.348 e. The van der Waals surface area contributed by atoms with Crippen LogP contribution in [-0.4, -0.2) is 26.3 Å². The third kappa shape index (κ3) is 3.55. The zero-order chi connectivity index (χ0) is 15.2. The van der Waals surface area contributed by atoms with Crippen molar-refractivity contribution in [2.75, 3.05) is 20.2 Å². The van der Waals surface area contributed by atoms with Gasteiger partial charge in [0.2, 0.25) is 0 Å². The van der Waals surface area contributed by atoms with E-state index in [-0.39, 0.29) is 12.4 Å². The van der Waals surface area contributed by atoms with Crippen molar-refractivity contribution >= 4 is 0 Å². The van der Waals surface area contributed by atoms with Gasteiger partial charge in [-0.05, 0) is 19.0 Å². The maximum atomic E-state index is 6.28. The summed E-state index contributed by atoms with van der Waals surface area (Å²) < 4.78 is 12.1. The predicted octanol–water partition coefficient (Wildman–Crippen LogP) is 3.49. The lowest BCUT2D eigenvalue weighted by Gasteiger charge is -2.35. The molecule has 2 aromatic carbocycles. The van der Waals surface area contributed by atoms with Gasteiger partial charge in [0.15, 0.2) is 6.29 Å². The second-order valence-electron chi connectivity index (χ2n) is 5.65. The summed E-state index contributed by atoms with van der Waals surface area (Å²) in [5.41, 5.74) is 2.40. The van der Waals surface area contributed by atoms with Crippen LogP contribution in [0.25, 0.3) is 0 Å². The van der Waals surface area contributed by atoms with Crippen LogP contribution in [0.5, 0.6) is 0 Å². The molecule has 0 unspecified atom stereocenters. The lowest BCUT2D eigenvalue weighted by molar-refractivity contribution is -0.222. The van der Waals surface area contributed by atoms with Crippen molar-refractivity contribution < 1.29 is 9.47 Å². The van der Waals surface area contributed by atoms with E-state index in [1.807, 2.05) is 25.2 Å². The highest BCUT2D eigenvalue weighted by molar-refractivity contribution is 5.22. The van der Waals surface area contributed by atoms with Gasteiger partial charge in [-0.25, -0.2) is 0 Å². The van der Waals surface area contributed by atoms with E-state index < -0.39 is 0 Å². The molecule has 3 rings (SSSR count). The molecular formula is C19H23NO2. The van der Waals surface area contributed by atoms with Gasteiger partial charge in [0.25, 0.3) is 0 Å². The summed E-state index contributed by atoms with van der Waals surface area (Å²) in [7, 11) is 1.99. The van der Waals surface area contributed by atoms with E-state index in [1.54, 1.807) is 0 Å². The Bertz CT molecular complexity index is 558. The second-order valence-corrected chi connectivity index (χ2v) is 5.65. The zero-order valence-electron chi connectivity index (χ0n) is 12.9. The fourth-order valence-electron chi connectivity index (χ4n) is 3.02. The molecule has 1 saturated heterocycles. The van der Waals surface area contributed by atoms with Crippen LogP contribution in [0, 0.1) is 0 Å². The van der Waals surface area contributed by atoms with Crippen molar-refractivity contribution in [1.82, 2.24) is 5.32 Å². The standard InChI is InChI=1S/C19H23NO2/c1-20-14-17(15-8-4-2-5-9-15)18-12-13-21-19(22-18)16-10-6-3-7-11-16/h2-11,17-20H,12-14H2,1H3/t17-,18-,19-/m0/s1. The van der Waals surface area contributed by atoms with Crippen LogP contribution in [-0.2, 0) is 9.47 Å². The van der Waals surface area contributed by atoms with Crippen molar-refractivity contribution in [2.45, 2.75) is 24.7 Å². The van der Waals surface area contributed by atoms with Crippen LogP contribution >= 0.6 is 0 Å². The molecule has 0 saturated carbocycles. The lowest BCUT2D eigenvalue weighted by Crippen LogP contribution is -2.36. The molecule has 1 N–H and O–H groups in total. The van der Waals surface area contributed by atoms with Gasteiger partial charge in [-0.2, -0.15) is 0 Å². The third-order valence-electron chi connectivity index (χ3n) is 4.14. The molecule has 0 aromatic heterocycles. The first-order valence-corrected chi connectivity index (χ1v) is 7.90. The number of hydrogen-bond donors (Lipinski definition) is 1. The normalized spacial score (nSPS) is 23.1. The van der Waals surface area contributed by atoms with Gasteiger partial charge in [-0.15, -0.1) is 0 Å². The number of rotatable bonds is 5. The van der Waals surface area contributed by atoms with E-state index in [1.165, 1.54) is 5.56 Å². The molecule has 2 aromatic rings. The lowest BCUT2D eigenvalue weighted by atomic mass is 9.91. The first-order valence-electron chi connectivity index (χ1n) is 7.90. The monoisotopic (exact) mass is 297 g/mol. The molecule has 1 fully saturated rings. The Morgan fingerprint density at radius 3 is 2.41 bits per heavy atom. The molecule has 3 nitrogen and oxygen atoms in total. The van der Waals surface area contributed by atoms with Gasteiger partial charge < -0.3 is 14.8 Å². The summed E-state index contributed by atoms with van der Waals surface area (Å²) in [4.78, 5) is 0. The smallest absolute Gasteiger partial charge is 0.184 e. The van der Waals surface area contributed by atoms with Crippen LogP contribution in [0.2, 0.25) is 0 Å². The second kappa shape index (κ2) is 7.54. The predicted molar refractivity (Wildman–Crippen MR) is 87.7 cm³/mol. The van der Waals surface area contributed by atoms with Crippen LogP contribution in [0.4, 0.5) is 0 Å². The quantitative estimate of drug-likeness (QED) is 0.916. The molecule has 1 aliphatic heterocycles. The Morgan fingerprint density at radius 2 is 1.73 bits per heavy atom.